The van der Waals surface area contributed by atoms with E-state index in [1.807, 2.05) is 30.3 Å². The van der Waals surface area contributed by atoms with E-state index in [1.165, 1.54) is 25.5 Å². The van der Waals surface area contributed by atoms with Gasteiger partial charge in [-0.1, -0.05) is 60.5 Å². The van der Waals surface area contributed by atoms with Gasteiger partial charge in [0.1, 0.15) is 7.11 Å². The Morgan fingerprint density at radius 2 is 1.80 bits per heavy atom. The van der Waals surface area contributed by atoms with Crippen LogP contribution in [0.5, 0.6) is 0 Å². The van der Waals surface area contributed by atoms with Crippen LogP contribution in [0.15, 0.2) is 59.8 Å². The fourth-order valence-electron chi connectivity index (χ4n) is 3.60. The van der Waals surface area contributed by atoms with Crippen LogP contribution in [-0.4, -0.2) is 25.8 Å². The van der Waals surface area contributed by atoms with E-state index in [9.17, 15) is 4.79 Å². The predicted octanol–water partition coefficient (Wildman–Crippen LogP) is 3.91. The van der Waals surface area contributed by atoms with Gasteiger partial charge in [-0.3, -0.25) is 4.79 Å². The van der Waals surface area contributed by atoms with Crippen molar-refractivity contribution < 1.29 is 9.63 Å². The molecule has 0 aliphatic heterocycles. The number of amides is 1. The summed E-state index contributed by atoms with van der Waals surface area (Å²) in [5.74, 6) is -0.0302. The number of hydrogen-bond acceptors (Lipinski definition) is 3. The number of hydrogen-bond donors (Lipinski definition) is 1. The van der Waals surface area contributed by atoms with Crippen LogP contribution in [0.25, 0.3) is 0 Å². The van der Waals surface area contributed by atoms with Crippen molar-refractivity contribution in [2.24, 2.45) is 5.16 Å². The van der Waals surface area contributed by atoms with E-state index in [0.717, 1.165) is 18.4 Å². The molecular weight excluding hydrogens is 312 g/mol. The number of carbonyl (C=O) groups is 1. The zero-order chi connectivity index (χ0) is 17.5. The average Bonchev–Trinajstić information content (AvgIpc) is 3.16. The first-order valence-electron chi connectivity index (χ1n) is 8.74. The summed E-state index contributed by atoms with van der Waals surface area (Å²) in [6.07, 6.45) is 6.31. The Bertz CT molecular complexity index is 717. The molecule has 1 fully saturated rings. The molecular formula is C21H24N2O2. The number of benzene rings is 2. The van der Waals surface area contributed by atoms with Gasteiger partial charge >= 0.3 is 0 Å². The summed E-state index contributed by atoms with van der Waals surface area (Å²) < 4.78 is 0. The van der Waals surface area contributed by atoms with E-state index in [1.54, 1.807) is 6.21 Å². The molecule has 1 saturated carbocycles. The molecule has 4 heteroatoms. The predicted molar refractivity (Wildman–Crippen MR) is 100.0 cm³/mol. The molecule has 1 N–H and O–H groups in total. The molecule has 130 valence electrons. The van der Waals surface area contributed by atoms with Crippen molar-refractivity contribution in [3.8, 4) is 0 Å². The fraction of sp³-hybridized carbons (Fsp3) is 0.333. The SMILES string of the molecule is CO/N=C/c1ccc(C(=O)NCC2(c3ccccc3)CCCC2)cc1. The molecule has 0 bridgehead atoms. The number of nitrogens with zero attached hydrogens (tertiary/aromatic N) is 1. The molecule has 2 aromatic rings. The van der Waals surface area contributed by atoms with E-state index in [0.29, 0.717) is 12.1 Å². The van der Waals surface area contributed by atoms with Crippen LogP contribution in [0.3, 0.4) is 0 Å². The van der Waals surface area contributed by atoms with E-state index in [4.69, 9.17) is 0 Å². The fourth-order valence-corrected chi connectivity index (χ4v) is 3.60. The molecule has 0 unspecified atom stereocenters. The number of oxime groups is 1. The number of carbonyl (C=O) groups excluding carboxylic acids is 1. The van der Waals surface area contributed by atoms with Crippen LogP contribution in [0.1, 0.15) is 47.2 Å². The maximum atomic E-state index is 12.5. The Hall–Kier alpha value is -2.62. The molecule has 1 aliphatic carbocycles. The molecule has 0 spiro atoms. The second kappa shape index (κ2) is 7.97. The van der Waals surface area contributed by atoms with Crippen LogP contribution in [0, 0.1) is 0 Å². The lowest BCUT2D eigenvalue weighted by atomic mass is 9.79. The second-order valence-corrected chi connectivity index (χ2v) is 6.58. The van der Waals surface area contributed by atoms with Crippen LogP contribution >= 0.6 is 0 Å². The Balaban J connectivity index is 1.67. The van der Waals surface area contributed by atoms with Gasteiger partial charge in [-0.15, -0.1) is 0 Å². The first-order chi connectivity index (χ1) is 12.2. The van der Waals surface area contributed by atoms with Gasteiger partial charge in [0.25, 0.3) is 5.91 Å². The highest BCUT2D eigenvalue weighted by Crippen LogP contribution is 2.40. The molecule has 4 nitrogen and oxygen atoms in total. The Kier molecular flexibility index (Phi) is 5.49. The molecule has 2 aromatic carbocycles. The molecule has 0 heterocycles. The van der Waals surface area contributed by atoms with Gasteiger partial charge in [-0.05, 0) is 36.1 Å². The lowest BCUT2D eigenvalue weighted by Crippen LogP contribution is -2.39. The molecule has 25 heavy (non-hydrogen) atoms. The van der Waals surface area contributed by atoms with Gasteiger partial charge in [-0.2, -0.15) is 0 Å². The van der Waals surface area contributed by atoms with E-state index < -0.39 is 0 Å². The summed E-state index contributed by atoms with van der Waals surface area (Å²) in [7, 11) is 1.50. The summed E-state index contributed by atoms with van der Waals surface area (Å²) in [5, 5.41) is 6.87. The van der Waals surface area contributed by atoms with Crippen molar-refractivity contribution in [2.45, 2.75) is 31.1 Å². The highest BCUT2D eigenvalue weighted by atomic mass is 16.6. The van der Waals surface area contributed by atoms with Crippen molar-refractivity contribution in [3.63, 3.8) is 0 Å². The van der Waals surface area contributed by atoms with Gasteiger partial charge in [0, 0.05) is 17.5 Å². The molecule has 0 radical (unpaired) electrons. The summed E-state index contributed by atoms with van der Waals surface area (Å²) in [5.41, 5.74) is 2.96. The lowest BCUT2D eigenvalue weighted by molar-refractivity contribution is 0.0943. The van der Waals surface area contributed by atoms with Gasteiger partial charge < -0.3 is 10.2 Å². The molecule has 0 aromatic heterocycles. The van der Waals surface area contributed by atoms with Crippen LogP contribution in [0.2, 0.25) is 0 Å². The molecule has 0 saturated heterocycles. The average molecular weight is 336 g/mol. The Labute approximate surface area is 148 Å². The first kappa shape index (κ1) is 17.2. The summed E-state index contributed by atoms with van der Waals surface area (Å²) in [6, 6.07) is 17.9. The third-order valence-electron chi connectivity index (χ3n) is 5.01. The van der Waals surface area contributed by atoms with E-state index >= 15 is 0 Å². The number of nitrogens with one attached hydrogen (secondary N) is 1. The van der Waals surface area contributed by atoms with Gasteiger partial charge in [0.15, 0.2) is 0 Å². The highest BCUT2D eigenvalue weighted by Gasteiger charge is 2.35. The molecule has 0 atom stereocenters. The summed E-state index contributed by atoms with van der Waals surface area (Å²) in [6.45, 7) is 0.683. The van der Waals surface area contributed by atoms with Gasteiger partial charge in [-0.25, -0.2) is 0 Å². The van der Waals surface area contributed by atoms with Crippen molar-refractivity contribution >= 4 is 12.1 Å². The van der Waals surface area contributed by atoms with Crippen molar-refractivity contribution in [1.29, 1.82) is 0 Å². The maximum absolute atomic E-state index is 12.5. The summed E-state index contributed by atoms with van der Waals surface area (Å²) in [4.78, 5) is 17.2. The van der Waals surface area contributed by atoms with Crippen LogP contribution < -0.4 is 5.32 Å². The van der Waals surface area contributed by atoms with Crippen molar-refractivity contribution in [3.05, 3.63) is 71.3 Å². The normalized spacial score (nSPS) is 16.0. The van der Waals surface area contributed by atoms with Crippen LogP contribution in [0.4, 0.5) is 0 Å². The maximum Gasteiger partial charge on any atom is 0.251 e. The van der Waals surface area contributed by atoms with Crippen LogP contribution in [-0.2, 0) is 10.3 Å². The van der Waals surface area contributed by atoms with Crippen molar-refractivity contribution in [2.75, 3.05) is 13.7 Å². The van der Waals surface area contributed by atoms with Gasteiger partial charge in [0.2, 0.25) is 0 Å². The second-order valence-electron chi connectivity index (χ2n) is 6.58. The largest absolute Gasteiger partial charge is 0.399 e. The topological polar surface area (TPSA) is 50.7 Å². The Morgan fingerprint density at radius 1 is 1.12 bits per heavy atom. The van der Waals surface area contributed by atoms with E-state index in [-0.39, 0.29) is 11.3 Å². The van der Waals surface area contributed by atoms with Gasteiger partial charge in [0.05, 0.1) is 6.21 Å². The third kappa shape index (κ3) is 4.08. The highest BCUT2D eigenvalue weighted by molar-refractivity contribution is 5.95. The minimum Gasteiger partial charge on any atom is -0.399 e. The quantitative estimate of drug-likeness (QED) is 0.642. The Morgan fingerprint density at radius 3 is 2.44 bits per heavy atom. The zero-order valence-electron chi connectivity index (χ0n) is 14.6. The lowest BCUT2D eigenvalue weighted by Gasteiger charge is -2.30. The minimum absolute atomic E-state index is 0.0302. The molecule has 3 rings (SSSR count). The number of rotatable bonds is 6. The standard InChI is InChI=1S/C21H24N2O2/c1-25-23-15-17-9-11-18(12-10-17)20(24)22-16-21(13-5-6-14-21)19-7-3-2-4-8-19/h2-4,7-12,15H,5-6,13-14,16H2,1H3,(H,22,24)/b23-15+. The van der Waals surface area contributed by atoms with Crippen molar-refractivity contribution in [1.82, 2.24) is 5.32 Å². The smallest absolute Gasteiger partial charge is 0.251 e. The molecule has 1 amide bonds. The molecule has 1 aliphatic rings. The first-order valence-corrected chi connectivity index (χ1v) is 8.74. The monoisotopic (exact) mass is 336 g/mol. The third-order valence-corrected chi connectivity index (χ3v) is 5.01. The zero-order valence-corrected chi connectivity index (χ0v) is 14.6. The van der Waals surface area contributed by atoms with E-state index in [2.05, 4.69) is 39.6 Å². The minimum atomic E-state index is -0.0302. The summed E-state index contributed by atoms with van der Waals surface area (Å²) >= 11 is 0.